The Kier molecular flexibility index (Phi) is 28.8. The van der Waals surface area contributed by atoms with Crippen LogP contribution in [0.3, 0.4) is 0 Å². The minimum Gasteiger partial charge on any atom is -0.379 e. The van der Waals surface area contributed by atoms with E-state index >= 15 is 0 Å². The summed E-state index contributed by atoms with van der Waals surface area (Å²) < 4.78 is 11.8. The van der Waals surface area contributed by atoms with E-state index in [2.05, 4.69) is 13.8 Å². The van der Waals surface area contributed by atoms with E-state index in [0.29, 0.717) is 13.2 Å². The van der Waals surface area contributed by atoms with E-state index in [1.807, 2.05) is 0 Å². The van der Waals surface area contributed by atoms with Gasteiger partial charge in [0.05, 0.1) is 12.7 Å². The molecule has 2 N–H and O–H groups in total. The predicted molar refractivity (Wildman–Crippen MR) is 143 cm³/mol. The highest BCUT2D eigenvalue weighted by Crippen LogP contribution is 2.12. The number of rotatable bonds is 28. The lowest BCUT2D eigenvalue weighted by molar-refractivity contribution is -0.0136. The fraction of sp³-hybridized carbons (Fsp3) is 1.00. The molecule has 0 radical (unpaired) electrons. The van der Waals surface area contributed by atoms with Crippen LogP contribution in [0.2, 0.25) is 0 Å². The zero-order valence-corrected chi connectivity index (χ0v) is 22.4. The summed E-state index contributed by atoms with van der Waals surface area (Å²) in [5.41, 5.74) is 5.85. The van der Waals surface area contributed by atoms with E-state index in [4.69, 9.17) is 15.2 Å². The Labute approximate surface area is 203 Å². The maximum atomic E-state index is 5.93. The highest BCUT2D eigenvalue weighted by Gasteiger charge is 2.06. The van der Waals surface area contributed by atoms with Gasteiger partial charge in [-0.3, -0.25) is 0 Å². The highest BCUT2D eigenvalue weighted by atomic mass is 16.5. The van der Waals surface area contributed by atoms with Gasteiger partial charge in [0.15, 0.2) is 0 Å². The lowest BCUT2D eigenvalue weighted by Gasteiger charge is -2.16. The largest absolute Gasteiger partial charge is 0.379 e. The van der Waals surface area contributed by atoms with Gasteiger partial charge in [0.2, 0.25) is 0 Å². The average molecular weight is 456 g/mol. The molecule has 0 aliphatic heterocycles. The fourth-order valence-electron chi connectivity index (χ4n) is 4.28. The Morgan fingerprint density at radius 1 is 0.469 bits per heavy atom. The molecule has 0 aliphatic rings. The summed E-state index contributed by atoms with van der Waals surface area (Å²) in [7, 11) is 0. The summed E-state index contributed by atoms with van der Waals surface area (Å²) >= 11 is 0. The maximum Gasteiger partial charge on any atom is 0.0930 e. The van der Waals surface area contributed by atoms with Crippen LogP contribution in [0.4, 0.5) is 0 Å². The number of hydrogen-bond acceptors (Lipinski definition) is 3. The van der Waals surface area contributed by atoms with Crippen LogP contribution < -0.4 is 5.73 Å². The lowest BCUT2D eigenvalue weighted by Crippen LogP contribution is -2.29. The molecule has 1 atom stereocenters. The van der Waals surface area contributed by atoms with Gasteiger partial charge in [-0.05, 0) is 12.8 Å². The van der Waals surface area contributed by atoms with Gasteiger partial charge in [-0.1, -0.05) is 142 Å². The quantitative estimate of drug-likeness (QED) is 0.120. The Hall–Kier alpha value is -0.120. The van der Waals surface area contributed by atoms with Gasteiger partial charge in [-0.15, -0.1) is 0 Å². The Balaban J connectivity index is 3.26. The molecule has 0 fully saturated rings. The number of hydrogen-bond donors (Lipinski definition) is 1. The number of ether oxygens (including phenoxy) is 2. The van der Waals surface area contributed by atoms with Crippen LogP contribution in [0, 0.1) is 0 Å². The van der Waals surface area contributed by atoms with Crippen LogP contribution >= 0.6 is 0 Å². The summed E-state index contributed by atoms with van der Waals surface area (Å²) in [5, 5.41) is 0. The molecule has 0 aromatic carbocycles. The molecule has 0 heterocycles. The van der Waals surface area contributed by atoms with Crippen LogP contribution in [0.15, 0.2) is 0 Å². The molecular formula is C29H61NO2. The molecule has 0 saturated carbocycles. The molecule has 194 valence electrons. The van der Waals surface area contributed by atoms with E-state index in [1.54, 1.807) is 0 Å². The summed E-state index contributed by atoms with van der Waals surface area (Å²) in [6.45, 7) is 7.48. The Morgan fingerprint density at radius 3 is 1.19 bits per heavy atom. The molecule has 3 heteroatoms. The molecule has 1 unspecified atom stereocenters. The van der Waals surface area contributed by atoms with E-state index in [9.17, 15) is 0 Å². The van der Waals surface area contributed by atoms with Crippen molar-refractivity contribution < 1.29 is 9.47 Å². The van der Waals surface area contributed by atoms with Crippen molar-refractivity contribution in [1.82, 2.24) is 0 Å². The van der Waals surface area contributed by atoms with E-state index in [1.165, 1.54) is 135 Å². The van der Waals surface area contributed by atoms with Crippen LogP contribution in [0.25, 0.3) is 0 Å². The first kappa shape index (κ1) is 31.9. The standard InChI is InChI=1S/C29H61NO2/c1-3-5-7-9-11-13-15-16-18-20-22-24-26-32-29(27-30)28-31-25-23-21-19-17-14-12-10-8-6-4-2/h29H,3-28,30H2,1-2H3. The minimum atomic E-state index is 0.0748. The average Bonchev–Trinajstić information content (AvgIpc) is 2.81. The van der Waals surface area contributed by atoms with Crippen molar-refractivity contribution >= 4 is 0 Å². The number of unbranched alkanes of at least 4 members (excludes halogenated alkanes) is 20. The van der Waals surface area contributed by atoms with Crippen molar-refractivity contribution in [2.24, 2.45) is 5.73 Å². The Bertz CT molecular complexity index is 324. The minimum absolute atomic E-state index is 0.0748. The van der Waals surface area contributed by atoms with Crippen molar-refractivity contribution in [3.05, 3.63) is 0 Å². The lowest BCUT2D eigenvalue weighted by atomic mass is 10.1. The molecule has 0 spiro atoms. The first-order valence-electron chi connectivity index (χ1n) is 14.7. The van der Waals surface area contributed by atoms with Crippen molar-refractivity contribution in [2.75, 3.05) is 26.4 Å². The second-order valence-corrected chi connectivity index (χ2v) is 9.87. The first-order valence-corrected chi connectivity index (χ1v) is 14.7. The molecule has 0 aromatic rings. The zero-order valence-electron chi connectivity index (χ0n) is 22.4. The molecule has 0 amide bonds. The summed E-state index contributed by atoms with van der Waals surface area (Å²) in [6.07, 6.45) is 30.2. The maximum absolute atomic E-state index is 5.93. The first-order chi connectivity index (χ1) is 15.8. The third kappa shape index (κ3) is 26.1. The topological polar surface area (TPSA) is 44.5 Å². The number of nitrogens with two attached hydrogens (primary N) is 1. The van der Waals surface area contributed by atoms with Gasteiger partial charge in [-0.25, -0.2) is 0 Å². The van der Waals surface area contributed by atoms with Gasteiger partial charge in [0.25, 0.3) is 0 Å². The van der Waals surface area contributed by atoms with Crippen molar-refractivity contribution in [3.63, 3.8) is 0 Å². The molecule has 0 rings (SSSR count). The monoisotopic (exact) mass is 455 g/mol. The third-order valence-electron chi connectivity index (χ3n) is 6.56. The van der Waals surface area contributed by atoms with Crippen LogP contribution in [0.5, 0.6) is 0 Å². The predicted octanol–water partition coefficient (Wildman–Crippen LogP) is 8.97. The van der Waals surface area contributed by atoms with Gasteiger partial charge < -0.3 is 15.2 Å². The van der Waals surface area contributed by atoms with E-state index in [0.717, 1.165) is 19.6 Å². The van der Waals surface area contributed by atoms with Crippen LogP contribution in [-0.4, -0.2) is 32.5 Å². The highest BCUT2D eigenvalue weighted by molar-refractivity contribution is 4.58. The smallest absolute Gasteiger partial charge is 0.0930 e. The van der Waals surface area contributed by atoms with Gasteiger partial charge in [-0.2, -0.15) is 0 Å². The van der Waals surface area contributed by atoms with E-state index in [-0.39, 0.29) is 6.10 Å². The van der Waals surface area contributed by atoms with E-state index < -0.39 is 0 Å². The second kappa shape index (κ2) is 28.9. The van der Waals surface area contributed by atoms with Gasteiger partial charge in [0.1, 0.15) is 0 Å². The zero-order chi connectivity index (χ0) is 23.4. The Morgan fingerprint density at radius 2 is 0.812 bits per heavy atom. The van der Waals surface area contributed by atoms with Crippen molar-refractivity contribution in [1.29, 1.82) is 0 Å². The normalized spacial score (nSPS) is 12.5. The molecule has 32 heavy (non-hydrogen) atoms. The second-order valence-electron chi connectivity index (χ2n) is 9.87. The molecule has 0 bridgehead atoms. The molecular weight excluding hydrogens is 394 g/mol. The molecule has 0 aliphatic carbocycles. The van der Waals surface area contributed by atoms with Crippen LogP contribution in [0.1, 0.15) is 155 Å². The van der Waals surface area contributed by atoms with Crippen LogP contribution in [-0.2, 0) is 9.47 Å². The summed E-state index contributed by atoms with van der Waals surface area (Å²) in [5.74, 6) is 0. The fourth-order valence-corrected chi connectivity index (χ4v) is 4.28. The molecule has 0 saturated heterocycles. The molecule has 0 aromatic heterocycles. The van der Waals surface area contributed by atoms with Gasteiger partial charge in [0, 0.05) is 19.8 Å². The third-order valence-corrected chi connectivity index (χ3v) is 6.56. The van der Waals surface area contributed by atoms with Crippen molar-refractivity contribution in [3.8, 4) is 0 Å². The SMILES string of the molecule is CCCCCCCCCCCCCCOC(CN)COCCCCCCCCCCCC. The molecule has 3 nitrogen and oxygen atoms in total. The van der Waals surface area contributed by atoms with Gasteiger partial charge >= 0.3 is 0 Å². The summed E-state index contributed by atoms with van der Waals surface area (Å²) in [4.78, 5) is 0. The van der Waals surface area contributed by atoms with Crippen molar-refractivity contribution in [2.45, 2.75) is 161 Å². The summed E-state index contributed by atoms with van der Waals surface area (Å²) in [6, 6.07) is 0.